The molecule has 1 aliphatic rings. The molecule has 2 aromatic rings. The number of nitrogens with two attached hydrogens (primary N) is 1. The Hall–Kier alpha value is -2.29. The Morgan fingerprint density at radius 3 is 2.71 bits per heavy atom. The monoisotopic (exact) mass is 331 g/mol. The van der Waals surface area contributed by atoms with Crippen LogP contribution in [-0.2, 0) is 22.6 Å². The number of morpholine rings is 1. The highest BCUT2D eigenvalue weighted by Crippen LogP contribution is 2.17. The van der Waals surface area contributed by atoms with E-state index < -0.39 is 0 Å². The van der Waals surface area contributed by atoms with Crippen LogP contribution in [0.1, 0.15) is 11.5 Å². The van der Waals surface area contributed by atoms with Gasteiger partial charge in [0, 0.05) is 25.2 Å². The van der Waals surface area contributed by atoms with Crippen LogP contribution in [0.3, 0.4) is 0 Å². The van der Waals surface area contributed by atoms with Gasteiger partial charge >= 0.3 is 0 Å². The molecule has 0 saturated carbocycles. The molecule has 8 heteroatoms. The van der Waals surface area contributed by atoms with Gasteiger partial charge in [0.2, 0.25) is 17.6 Å². The van der Waals surface area contributed by atoms with Gasteiger partial charge in [-0.2, -0.15) is 4.98 Å². The molecule has 1 amide bonds. The van der Waals surface area contributed by atoms with Crippen molar-refractivity contribution in [3.05, 3.63) is 35.7 Å². The summed E-state index contributed by atoms with van der Waals surface area (Å²) in [7, 11) is 0. The summed E-state index contributed by atoms with van der Waals surface area (Å²) in [5.74, 6) is 0.594. The van der Waals surface area contributed by atoms with E-state index in [-0.39, 0.29) is 19.0 Å². The molecule has 0 atom stereocenters. The number of nitrogens with zero attached hydrogens (tertiary/aromatic N) is 3. The van der Waals surface area contributed by atoms with E-state index in [4.69, 9.17) is 15.0 Å². The van der Waals surface area contributed by atoms with Gasteiger partial charge in [-0.05, 0) is 5.56 Å². The summed E-state index contributed by atoms with van der Waals surface area (Å²) in [4.78, 5) is 17.8. The Bertz CT molecular complexity index is 665. The highest BCUT2D eigenvalue weighted by atomic mass is 16.5. The molecule has 3 rings (SSSR count). The molecule has 0 spiro atoms. The summed E-state index contributed by atoms with van der Waals surface area (Å²) in [5, 5.41) is 6.53. The average molecular weight is 331 g/mol. The molecule has 2 heterocycles. The van der Waals surface area contributed by atoms with Crippen LogP contribution in [0.4, 0.5) is 0 Å². The molecule has 128 valence electrons. The average Bonchev–Trinajstić information content (AvgIpc) is 3.10. The SMILES string of the molecule is NCC(=O)NCc1nc(-c2ccc(CN3CCOCC3)cc2)no1. The van der Waals surface area contributed by atoms with Gasteiger partial charge in [0.05, 0.1) is 26.3 Å². The van der Waals surface area contributed by atoms with E-state index in [1.165, 1.54) is 5.56 Å². The molecule has 1 fully saturated rings. The molecule has 0 bridgehead atoms. The van der Waals surface area contributed by atoms with Gasteiger partial charge in [-0.25, -0.2) is 0 Å². The van der Waals surface area contributed by atoms with Crippen molar-refractivity contribution in [1.82, 2.24) is 20.4 Å². The first-order chi connectivity index (χ1) is 11.7. The van der Waals surface area contributed by atoms with Gasteiger partial charge in [0.25, 0.3) is 0 Å². The van der Waals surface area contributed by atoms with Crippen molar-refractivity contribution in [2.24, 2.45) is 5.73 Å². The summed E-state index contributed by atoms with van der Waals surface area (Å²) in [6.45, 7) is 4.54. The molecule has 3 N–H and O–H groups in total. The number of nitrogens with one attached hydrogen (secondary N) is 1. The van der Waals surface area contributed by atoms with Gasteiger partial charge in [0.15, 0.2) is 0 Å². The maximum absolute atomic E-state index is 11.1. The second-order valence-electron chi connectivity index (χ2n) is 5.58. The second kappa shape index (κ2) is 8.00. The first kappa shape index (κ1) is 16.6. The molecule has 0 unspecified atom stereocenters. The Balaban J connectivity index is 1.58. The number of amides is 1. The molecular formula is C16H21N5O3. The van der Waals surface area contributed by atoms with Gasteiger partial charge in [-0.3, -0.25) is 9.69 Å². The third kappa shape index (κ3) is 4.38. The predicted molar refractivity (Wildman–Crippen MR) is 86.7 cm³/mol. The van der Waals surface area contributed by atoms with Crippen LogP contribution < -0.4 is 11.1 Å². The first-order valence-corrected chi connectivity index (χ1v) is 7.93. The van der Waals surface area contributed by atoms with Crippen molar-refractivity contribution >= 4 is 5.91 Å². The topological polar surface area (TPSA) is 107 Å². The smallest absolute Gasteiger partial charge is 0.246 e. The molecule has 1 aromatic heterocycles. The van der Waals surface area contributed by atoms with Crippen molar-refractivity contribution < 1.29 is 14.1 Å². The lowest BCUT2D eigenvalue weighted by atomic mass is 10.1. The van der Waals surface area contributed by atoms with E-state index in [2.05, 4.69) is 32.5 Å². The Morgan fingerprint density at radius 2 is 2.00 bits per heavy atom. The van der Waals surface area contributed by atoms with E-state index in [0.717, 1.165) is 38.4 Å². The van der Waals surface area contributed by atoms with Crippen molar-refractivity contribution in [1.29, 1.82) is 0 Å². The number of hydrogen-bond donors (Lipinski definition) is 2. The minimum atomic E-state index is -0.262. The van der Waals surface area contributed by atoms with E-state index in [1.807, 2.05) is 12.1 Å². The van der Waals surface area contributed by atoms with Crippen LogP contribution in [0.5, 0.6) is 0 Å². The minimum Gasteiger partial charge on any atom is -0.379 e. The van der Waals surface area contributed by atoms with Crippen LogP contribution in [-0.4, -0.2) is 53.8 Å². The first-order valence-electron chi connectivity index (χ1n) is 7.93. The molecule has 1 saturated heterocycles. The summed E-state index contributed by atoms with van der Waals surface area (Å²) < 4.78 is 10.5. The van der Waals surface area contributed by atoms with Crippen molar-refractivity contribution in [3.8, 4) is 11.4 Å². The molecule has 0 aliphatic carbocycles. The summed E-state index contributed by atoms with van der Waals surface area (Å²) in [6.07, 6.45) is 0. The largest absolute Gasteiger partial charge is 0.379 e. The van der Waals surface area contributed by atoms with Crippen LogP contribution in [0, 0.1) is 0 Å². The van der Waals surface area contributed by atoms with Gasteiger partial charge in [-0.15, -0.1) is 0 Å². The van der Waals surface area contributed by atoms with Crippen molar-refractivity contribution in [2.75, 3.05) is 32.8 Å². The third-order valence-electron chi connectivity index (χ3n) is 3.81. The Morgan fingerprint density at radius 1 is 1.25 bits per heavy atom. The lowest BCUT2D eigenvalue weighted by Gasteiger charge is -2.26. The highest BCUT2D eigenvalue weighted by molar-refractivity contribution is 5.77. The van der Waals surface area contributed by atoms with Gasteiger partial charge < -0.3 is 20.3 Å². The zero-order valence-electron chi connectivity index (χ0n) is 13.4. The number of carbonyl (C=O) groups excluding carboxylic acids is 1. The van der Waals surface area contributed by atoms with Crippen LogP contribution in [0.25, 0.3) is 11.4 Å². The fourth-order valence-corrected chi connectivity index (χ4v) is 2.47. The van der Waals surface area contributed by atoms with E-state index >= 15 is 0 Å². The number of hydrogen-bond acceptors (Lipinski definition) is 7. The number of aromatic nitrogens is 2. The second-order valence-corrected chi connectivity index (χ2v) is 5.58. The van der Waals surface area contributed by atoms with Gasteiger partial charge in [0.1, 0.15) is 0 Å². The van der Waals surface area contributed by atoms with Crippen LogP contribution >= 0.6 is 0 Å². The fraction of sp³-hybridized carbons (Fsp3) is 0.438. The Labute approximate surface area is 140 Å². The van der Waals surface area contributed by atoms with E-state index in [0.29, 0.717) is 11.7 Å². The lowest BCUT2D eigenvalue weighted by molar-refractivity contribution is -0.120. The zero-order valence-corrected chi connectivity index (χ0v) is 13.4. The fourth-order valence-electron chi connectivity index (χ4n) is 2.47. The summed E-state index contributed by atoms with van der Waals surface area (Å²) in [6, 6.07) is 8.08. The quantitative estimate of drug-likeness (QED) is 0.775. The van der Waals surface area contributed by atoms with Crippen molar-refractivity contribution in [2.45, 2.75) is 13.1 Å². The number of rotatable bonds is 6. The third-order valence-corrected chi connectivity index (χ3v) is 3.81. The molecule has 24 heavy (non-hydrogen) atoms. The Kier molecular flexibility index (Phi) is 5.52. The zero-order chi connectivity index (χ0) is 16.8. The number of benzene rings is 1. The predicted octanol–water partition coefficient (Wildman–Crippen LogP) is 0.144. The minimum absolute atomic E-state index is 0.0639. The van der Waals surface area contributed by atoms with Gasteiger partial charge in [-0.1, -0.05) is 29.4 Å². The summed E-state index contributed by atoms with van der Waals surface area (Å²) in [5.41, 5.74) is 7.34. The molecule has 8 nitrogen and oxygen atoms in total. The molecule has 0 radical (unpaired) electrons. The highest BCUT2D eigenvalue weighted by Gasteiger charge is 2.12. The maximum atomic E-state index is 11.1. The normalized spacial score (nSPS) is 15.4. The van der Waals surface area contributed by atoms with E-state index in [9.17, 15) is 4.79 Å². The maximum Gasteiger partial charge on any atom is 0.246 e. The summed E-state index contributed by atoms with van der Waals surface area (Å²) >= 11 is 0. The van der Waals surface area contributed by atoms with Crippen LogP contribution in [0.2, 0.25) is 0 Å². The number of carbonyl (C=O) groups is 1. The standard InChI is InChI=1S/C16H21N5O3/c17-9-14(22)18-10-15-19-16(20-24-15)13-3-1-12(2-4-13)11-21-5-7-23-8-6-21/h1-4H,5-11,17H2,(H,18,22). The molecule has 1 aromatic carbocycles. The lowest BCUT2D eigenvalue weighted by Crippen LogP contribution is -2.35. The van der Waals surface area contributed by atoms with Crippen molar-refractivity contribution in [3.63, 3.8) is 0 Å². The van der Waals surface area contributed by atoms with E-state index in [1.54, 1.807) is 0 Å². The molecular weight excluding hydrogens is 310 g/mol. The number of ether oxygens (including phenoxy) is 1. The van der Waals surface area contributed by atoms with Crippen LogP contribution in [0.15, 0.2) is 28.8 Å². The molecule has 1 aliphatic heterocycles.